The summed E-state index contributed by atoms with van der Waals surface area (Å²) >= 11 is 0. The third kappa shape index (κ3) is 25.8. The Labute approximate surface area is 197 Å². The van der Waals surface area contributed by atoms with E-state index in [1.165, 1.54) is 122 Å². The Balaban J connectivity index is 3.26. The fraction of sp³-hybridized carbons (Fsp3) is 0.964. The molecule has 0 fully saturated rings. The first-order chi connectivity index (χ1) is 14.8. The van der Waals surface area contributed by atoms with Crippen LogP contribution in [0.4, 0.5) is 0 Å². The largest absolute Gasteiger partial charge is 0.520 e. The zero-order valence-corrected chi connectivity index (χ0v) is 23.2. The summed E-state index contributed by atoms with van der Waals surface area (Å²) in [5.41, 5.74) is 0. The van der Waals surface area contributed by atoms with Crippen LogP contribution in [0.2, 0.25) is 19.6 Å². The first kappa shape index (κ1) is 30.7. The predicted molar refractivity (Wildman–Crippen MR) is 141 cm³/mol. The predicted octanol–water partition coefficient (Wildman–Crippen LogP) is 10.2. The molecule has 1 unspecified atom stereocenters. The van der Waals surface area contributed by atoms with Gasteiger partial charge in [0.1, 0.15) is 0 Å². The van der Waals surface area contributed by atoms with Crippen molar-refractivity contribution >= 4 is 14.3 Å². The first-order valence-electron chi connectivity index (χ1n) is 14.1. The van der Waals surface area contributed by atoms with Gasteiger partial charge in [0, 0.05) is 6.42 Å². The summed E-state index contributed by atoms with van der Waals surface area (Å²) in [6, 6.07) is 0. The summed E-state index contributed by atoms with van der Waals surface area (Å²) < 4.78 is 5.49. The highest BCUT2D eigenvalue weighted by Gasteiger charge is 2.19. The topological polar surface area (TPSA) is 26.3 Å². The van der Waals surface area contributed by atoms with Crippen molar-refractivity contribution in [2.75, 3.05) is 0 Å². The maximum atomic E-state index is 11.7. The van der Waals surface area contributed by atoms with E-state index in [0.717, 1.165) is 12.3 Å². The average molecular weight is 455 g/mol. The number of hydrogen-bond acceptors (Lipinski definition) is 2. The van der Waals surface area contributed by atoms with Gasteiger partial charge >= 0.3 is 0 Å². The second kappa shape index (κ2) is 21.5. The van der Waals surface area contributed by atoms with E-state index in [0.29, 0.717) is 6.42 Å². The molecule has 0 N–H and O–H groups in total. The lowest BCUT2D eigenvalue weighted by Crippen LogP contribution is -2.28. The Bertz CT molecular complexity index is 389. The molecule has 2 nitrogen and oxygen atoms in total. The van der Waals surface area contributed by atoms with Crippen molar-refractivity contribution in [3.05, 3.63) is 0 Å². The van der Waals surface area contributed by atoms with Crippen molar-refractivity contribution in [3.63, 3.8) is 0 Å². The van der Waals surface area contributed by atoms with Gasteiger partial charge in [-0.15, -0.1) is 0 Å². The average Bonchev–Trinajstić information content (AvgIpc) is 2.69. The van der Waals surface area contributed by atoms with Crippen molar-refractivity contribution < 1.29 is 9.22 Å². The van der Waals surface area contributed by atoms with Gasteiger partial charge in [-0.2, -0.15) is 0 Å². The lowest BCUT2D eigenvalue weighted by molar-refractivity contribution is -0.135. The normalized spacial score (nSPS) is 12.8. The lowest BCUT2D eigenvalue weighted by Gasteiger charge is -2.17. The van der Waals surface area contributed by atoms with E-state index in [1.54, 1.807) is 0 Å². The summed E-state index contributed by atoms with van der Waals surface area (Å²) in [6.45, 7) is 11.0. The molecule has 186 valence electrons. The molecular weight excluding hydrogens is 396 g/mol. The van der Waals surface area contributed by atoms with Crippen LogP contribution in [0.5, 0.6) is 0 Å². The van der Waals surface area contributed by atoms with Gasteiger partial charge in [-0.05, 0) is 32.0 Å². The van der Waals surface area contributed by atoms with Crippen LogP contribution in [0, 0.1) is 5.92 Å². The smallest absolute Gasteiger partial charge is 0.292 e. The second-order valence-electron chi connectivity index (χ2n) is 11.0. The highest BCUT2D eigenvalue weighted by molar-refractivity contribution is 6.71. The van der Waals surface area contributed by atoms with Crippen LogP contribution >= 0.6 is 0 Å². The Kier molecular flexibility index (Phi) is 21.3. The fourth-order valence-electron chi connectivity index (χ4n) is 4.34. The van der Waals surface area contributed by atoms with E-state index in [-0.39, 0.29) is 5.97 Å². The van der Waals surface area contributed by atoms with Crippen molar-refractivity contribution in [3.8, 4) is 0 Å². The molecule has 0 aliphatic rings. The summed E-state index contributed by atoms with van der Waals surface area (Å²) in [5.74, 6) is 0.941. The van der Waals surface area contributed by atoms with Gasteiger partial charge in [0.05, 0.1) is 0 Å². The van der Waals surface area contributed by atoms with Crippen molar-refractivity contribution in [1.29, 1.82) is 0 Å². The van der Waals surface area contributed by atoms with E-state index >= 15 is 0 Å². The number of unbranched alkanes of at least 4 members (excludes halogenated alkanes) is 16. The van der Waals surface area contributed by atoms with Gasteiger partial charge in [0.15, 0.2) is 0 Å². The Morgan fingerprint density at radius 3 is 1.35 bits per heavy atom. The number of carbonyl (C=O) groups excluding carboxylic acids is 1. The second-order valence-corrected chi connectivity index (χ2v) is 15.5. The molecular formula is C28H58O2Si. The molecule has 0 spiro atoms. The van der Waals surface area contributed by atoms with Gasteiger partial charge in [-0.1, -0.05) is 136 Å². The standard InChI is InChI=1S/C28H58O2Si/c1-6-7-8-9-10-11-12-15-18-21-24-27(2)25-22-19-16-13-14-17-20-23-26-28(29)30-31(3,4)5/h27H,6-26H2,1-5H3. The van der Waals surface area contributed by atoms with Crippen LogP contribution < -0.4 is 0 Å². The lowest BCUT2D eigenvalue weighted by atomic mass is 9.95. The summed E-state index contributed by atoms with van der Waals surface area (Å²) in [7, 11) is -1.69. The zero-order valence-electron chi connectivity index (χ0n) is 22.2. The molecule has 0 rings (SSSR count). The third-order valence-corrected chi connectivity index (χ3v) is 7.14. The van der Waals surface area contributed by atoms with Crippen LogP contribution in [0.1, 0.15) is 149 Å². The molecule has 0 bridgehead atoms. The van der Waals surface area contributed by atoms with Crippen LogP contribution in [-0.2, 0) is 9.22 Å². The molecule has 0 aromatic carbocycles. The molecule has 1 atom stereocenters. The van der Waals surface area contributed by atoms with Crippen LogP contribution in [0.3, 0.4) is 0 Å². The zero-order chi connectivity index (χ0) is 23.2. The molecule has 0 aliphatic carbocycles. The van der Waals surface area contributed by atoms with Crippen LogP contribution in [0.15, 0.2) is 0 Å². The summed E-state index contributed by atoms with van der Waals surface area (Å²) in [4.78, 5) is 11.7. The monoisotopic (exact) mass is 454 g/mol. The Hall–Kier alpha value is -0.313. The quantitative estimate of drug-likeness (QED) is 0.113. The van der Waals surface area contributed by atoms with Gasteiger partial charge in [-0.3, -0.25) is 4.79 Å². The molecule has 0 heterocycles. The number of carbonyl (C=O) groups is 1. The van der Waals surface area contributed by atoms with Crippen molar-refractivity contribution in [2.24, 2.45) is 5.92 Å². The number of rotatable bonds is 23. The van der Waals surface area contributed by atoms with Gasteiger partial charge in [0.2, 0.25) is 8.32 Å². The summed E-state index contributed by atoms with van der Waals surface area (Å²) in [5, 5.41) is 0. The Morgan fingerprint density at radius 2 is 0.968 bits per heavy atom. The van der Waals surface area contributed by atoms with E-state index < -0.39 is 8.32 Å². The molecule has 0 aliphatic heterocycles. The highest BCUT2D eigenvalue weighted by Crippen LogP contribution is 2.19. The first-order valence-corrected chi connectivity index (χ1v) is 17.5. The van der Waals surface area contributed by atoms with E-state index in [9.17, 15) is 4.79 Å². The molecule has 3 heteroatoms. The minimum atomic E-state index is -1.69. The minimum absolute atomic E-state index is 0.0195. The van der Waals surface area contributed by atoms with E-state index in [4.69, 9.17) is 4.43 Å². The van der Waals surface area contributed by atoms with Crippen molar-refractivity contribution in [2.45, 2.75) is 168 Å². The molecule has 0 radical (unpaired) electrons. The van der Waals surface area contributed by atoms with E-state index in [1.807, 2.05) is 0 Å². The minimum Gasteiger partial charge on any atom is -0.520 e. The third-order valence-electron chi connectivity index (χ3n) is 6.30. The van der Waals surface area contributed by atoms with Gasteiger partial charge in [0.25, 0.3) is 5.97 Å². The molecule has 0 saturated carbocycles. The molecule has 0 aromatic heterocycles. The number of hydrogen-bond donors (Lipinski definition) is 0. The molecule has 31 heavy (non-hydrogen) atoms. The fourth-order valence-corrected chi connectivity index (χ4v) is 5.12. The molecule has 0 saturated heterocycles. The van der Waals surface area contributed by atoms with E-state index in [2.05, 4.69) is 33.5 Å². The SMILES string of the molecule is CCCCCCCCCCCCC(C)CCCCCCCCCCC(=O)O[Si](C)(C)C. The Morgan fingerprint density at radius 1 is 0.613 bits per heavy atom. The van der Waals surface area contributed by atoms with Crippen LogP contribution in [-0.4, -0.2) is 14.3 Å². The van der Waals surface area contributed by atoms with Crippen LogP contribution in [0.25, 0.3) is 0 Å². The highest BCUT2D eigenvalue weighted by atomic mass is 28.4. The maximum Gasteiger partial charge on any atom is 0.292 e. The van der Waals surface area contributed by atoms with Gasteiger partial charge < -0.3 is 4.43 Å². The van der Waals surface area contributed by atoms with Gasteiger partial charge in [-0.25, -0.2) is 0 Å². The molecule has 0 amide bonds. The summed E-state index contributed by atoms with van der Waals surface area (Å²) in [6.07, 6.45) is 28.3. The van der Waals surface area contributed by atoms with Crippen molar-refractivity contribution in [1.82, 2.24) is 0 Å². The molecule has 0 aromatic rings. The maximum absolute atomic E-state index is 11.7.